The van der Waals surface area contributed by atoms with Crippen LogP contribution in [0.3, 0.4) is 0 Å². The maximum Gasteiger partial charge on any atom is 0.277 e. The van der Waals surface area contributed by atoms with Gasteiger partial charge in [0.25, 0.3) is 23.5 Å². The van der Waals surface area contributed by atoms with Crippen molar-refractivity contribution < 1.29 is 23.7 Å². The molecule has 2 heterocycles. The standard InChI is InChI=1S/C26H37ClN10O4/c1-6-30-25(39)15-11-16-17(12-18(15)41-14-19(38)31-9-10-35(4)5)37(8-3)20(36(16)7-2)13-32-26(40)21-23(28)34-24(29)22(27)33-21/h11-12H,6-10,13-14H2,1-5H3,(H6-,28,29,30,31,32,34,38,39,40)/p+1. The number of anilines is 2. The number of hydrogen-bond donors (Lipinski definition) is 5. The molecular weight excluding hydrogens is 552 g/mol. The van der Waals surface area contributed by atoms with Crippen molar-refractivity contribution in [3.05, 3.63) is 34.4 Å². The van der Waals surface area contributed by atoms with Crippen molar-refractivity contribution in [1.29, 1.82) is 0 Å². The number of nitrogens with one attached hydrogen (secondary N) is 3. The van der Waals surface area contributed by atoms with Crippen molar-refractivity contribution in [2.45, 2.75) is 40.4 Å². The van der Waals surface area contributed by atoms with Crippen LogP contribution in [0, 0.1) is 0 Å². The van der Waals surface area contributed by atoms with E-state index in [-0.39, 0.29) is 53.2 Å². The second kappa shape index (κ2) is 13.9. The minimum atomic E-state index is -0.570. The second-order valence-electron chi connectivity index (χ2n) is 9.36. The first-order chi connectivity index (χ1) is 19.5. The molecular formula is C26H38ClN10O4+. The summed E-state index contributed by atoms with van der Waals surface area (Å²) in [5, 5.41) is 8.31. The molecule has 3 rings (SSSR count). The zero-order valence-electron chi connectivity index (χ0n) is 24.0. The third-order valence-corrected chi connectivity index (χ3v) is 6.54. The number of hydrogen-bond acceptors (Lipinski definition) is 9. The van der Waals surface area contributed by atoms with E-state index < -0.39 is 5.91 Å². The molecule has 3 aromatic rings. The molecule has 15 heteroatoms. The number of nitrogen functional groups attached to an aromatic ring is 2. The second-order valence-corrected chi connectivity index (χ2v) is 9.72. The Labute approximate surface area is 243 Å². The smallest absolute Gasteiger partial charge is 0.277 e. The summed E-state index contributed by atoms with van der Waals surface area (Å²) in [4.78, 5) is 48.1. The van der Waals surface area contributed by atoms with Gasteiger partial charge in [0.1, 0.15) is 12.3 Å². The third-order valence-electron chi connectivity index (χ3n) is 6.26. The maximum atomic E-state index is 13.0. The molecule has 0 unspecified atom stereocenters. The number of nitrogens with two attached hydrogens (primary N) is 2. The van der Waals surface area contributed by atoms with Gasteiger partial charge in [-0.3, -0.25) is 14.4 Å². The molecule has 0 saturated carbocycles. The van der Waals surface area contributed by atoms with Crippen molar-refractivity contribution in [1.82, 2.24) is 35.4 Å². The van der Waals surface area contributed by atoms with Gasteiger partial charge < -0.3 is 37.1 Å². The van der Waals surface area contributed by atoms with Crippen LogP contribution in [0.1, 0.15) is 47.4 Å². The SMILES string of the molecule is CCNC(=O)c1cc2c(cc1OCC(=O)NCCN(C)C)[n+](CC)c(CNC(=O)c1nc(Cl)c(N)nc1N)n2CC. The molecule has 2 aromatic heterocycles. The number of carbonyl (C=O) groups excluding carboxylic acids is 3. The van der Waals surface area contributed by atoms with Crippen LogP contribution in [0.4, 0.5) is 11.6 Å². The van der Waals surface area contributed by atoms with E-state index in [9.17, 15) is 14.4 Å². The van der Waals surface area contributed by atoms with Crippen molar-refractivity contribution in [3.63, 3.8) is 0 Å². The Hall–Kier alpha value is -4.17. The Morgan fingerprint density at radius 3 is 2.41 bits per heavy atom. The number of nitrogens with zero attached hydrogens (tertiary/aromatic N) is 5. The van der Waals surface area contributed by atoms with Crippen LogP contribution >= 0.6 is 11.6 Å². The van der Waals surface area contributed by atoms with Crippen LogP contribution in [0.2, 0.25) is 5.15 Å². The Morgan fingerprint density at radius 1 is 1.05 bits per heavy atom. The molecule has 14 nitrogen and oxygen atoms in total. The van der Waals surface area contributed by atoms with Crippen molar-refractivity contribution >= 4 is 52.0 Å². The number of ether oxygens (including phenoxy) is 1. The third kappa shape index (κ3) is 7.32. The number of rotatable bonds is 13. The minimum absolute atomic E-state index is 0.0670. The Balaban J connectivity index is 1.97. The number of benzene rings is 1. The van der Waals surface area contributed by atoms with Crippen LogP contribution < -0.4 is 36.7 Å². The fourth-order valence-electron chi connectivity index (χ4n) is 4.33. The highest BCUT2D eigenvalue weighted by Crippen LogP contribution is 2.27. The van der Waals surface area contributed by atoms with Gasteiger partial charge in [0.15, 0.2) is 40.1 Å². The van der Waals surface area contributed by atoms with E-state index >= 15 is 0 Å². The normalized spacial score (nSPS) is 11.1. The number of amides is 3. The lowest BCUT2D eigenvalue weighted by Crippen LogP contribution is -2.40. The lowest BCUT2D eigenvalue weighted by atomic mass is 10.1. The molecule has 0 aliphatic carbocycles. The highest BCUT2D eigenvalue weighted by atomic mass is 35.5. The first-order valence-corrected chi connectivity index (χ1v) is 13.7. The molecule has 0 radical (unpaired) electrons. The van der Waals surface area contributed by atoms with E-state index in [0.717, 1.165) is 16.9 Å². The molecule has 0 saturated heterocycles. The van der Waals surface area contributed by atoms with Gasteiger partial charge in [-0.25, -0.2) is 19.1 Å². The molecule has 0 fully saturated rings. The number of aromatic nitrogens is 4. The van der Waals surface area contributed by atoms with E-state index in [0.29, 0.717) is 38.3 Å². The van der Waals surface area contributed by atoms with Crippen LogP contribution in [-0.4, -0.2) is 77.5 Å². The fourth-order valence-corrected chi connectivity index (χ4v) is 4.45. The largest absolute Gasteiger partial charge is 0.483 e. The average Bonchev–Trinajstić information content (AvgIpc) is 3.23. The van der Waals surface area contributed by atoms with Gasteiger partial charge in [0.2, 0.25) is 0 Å². The van der Waals surface area contributed by atoms with Crippen molar-refractivity contribution in [3.8, 4) is 5.75 Å². The summed E-state index contributed by atoms with van der Waals surface area (Å²) in [6, 6.07) is 3.49. The predicted octanol–water partition coefficient (Wildman–Crippen LogP) is 0.313. The van der Waals surface area contributed by atoms with Gasteiger partial charge in [-0.1, -0.05) is 11.6 Å². The van der Waals surface area contributed by atoms with Crippen LogP contribution in [-0.2, 0) is 24.4 Å². The number of aryl methyl sites for hydroxylation is 2. The molecule has 7 N–H and O–H groups in total. The van der Waals surface area contributed by atoms with E-state index in [4.69, 9.17) is 27.8 Å². The number of carbonyl (C=O) groups is 3. The first kappa shape index (κ1) is 31.4. The van der Waals surface area contributed by atoms with Gasteiger partial charge >= 0.3 is 0 Å². The van der Waals surface area contributed by atoms with Gasteiger partial charge in [-0.2, -0.15) is 0 Å². The van der Waals surface area contributed by atoms with Crippen LogP contribution in [0.25, 0.3) is 11.0 Å². The summed E-state index contributed by atoms with van der Waals surface area (Å²) in [5.74, 6) is -0.362. The van der Waals surface area contributed by atoms with Gasteiger partial charge in [-0.05, 0) is 34.9 Å². The molecule has 41 heavy (non-hydrogen) atoms. The summed E-state index contributed by atoms with van der Waals surface area (Å²) < 4.78 is 9.86. The van der Waals surface area contributed by atoms with Crippen LogP contribution in [0.15, 0.2) is 12.1 Å². The summed E-state index contributed by atoms with van der Waals surface area (Å²) in [7, 11) is 3.83. The Kier molecular flexibility index (Phi) is 10.7. The molecule has 1 aromatic carbocycles. The predicted molar refractivity (Wildman–Crippen MR) is 156 cm³/mol. The van der Waals surface area contributed by atoms with E-state index in [1.165, 1.54) is 0 Å². The number of likely N-dealkylation sites (N-methyl/N-ethyl adjacent to an activating group) is 1. The Morgan fingerprint density at radius 2 is 1.78 bits per heavy atom. The lowest BCUT2D eigenvalue weighted by Gasteiger charge is -2.13. The van der Waals surface area contributed by atoms with Crippen molar-refractivity contribution in [2.75, 3.05) is 51.8 Å². The monoisotopic (exact) mass is 589 g/mol. The van der Waals surface area contributed by atoms with Gasteiger partial charge in [-0.15, -0.1) is 0 Å². The minimum Gasteiger partial charge on any atom is -0.483 e. The highest BCUT2D eigenvalue weighted by Gasteiger charge is 2.28. The van der Waals surface area contributed by atoms with Crippen LogP contribution in [0.5, 0.6) is 5.75 Å². The van der Waals surface area contributed by atoms with Gasteiger partial charge in [0.05, 0.1) is 18.7 Å². The molecule has 222 valence electrons. The molecule has 0 aliphatic rings. The fraction of sp³-hybridized carbons (Fsp3) is 0.462. The van der Waals surface area contributed by atoms with E-state index in [1.807, 2.05) is 48.9 Å². The number of halogens is 1. The summed E-state index contributed by atoms with van der Waals surface area (Å²) in [6.45, 7) is 8.29. The quantitative estimate of drug-likeness (QED) is 0.175. The molecule has 0 bridgehead atoms. The lowest BCUT2D eigenvalue weighted by molar-refractivity contribution is -0.676. The zero-order chi connectivity index (χ0) is 30.3. The van der Waals surface area contributed by atoms with E-state index in [2.05, 4.69) is 25.9 Å². The summed E-state index contributed by atoms with van der Waals surface area (Å²) >= 11 is 5.94. The topological polar surface area (TPSA) is 186 Å². The van der Waals surface area contributed by atoms with Crippen molar-refractivity contribution in [2.24, 2.45) is 0 Å². The highest BCUT2D eigenvalue weighted by molar-refractivity contribution is 6.31. The average molecular weight is 590 g/mol. The molecule has 0 aliphatic heterocycles. The Bertz CT molecular complexity index is 1440. The number of fused-ring (bicyclic) bond motifs is 1. The first-order valence-electron chi connectivity index (χ1n) is 13.3. The summed E-state index contributed by atoms with van der Waals surface area (Å²) in [6.07, 6.45) is 0. The van der Waals surface area contributed by atoms with Gasteiger partial charge in [0, 0.05) is 31.8 Å². The number of imidazole rings is 1. The molecule has 3 amide bonds. The molecule has 0 spiro atoms. The van der Waals surface area contributed by atoms with E-state index in [1.54, 1.807) is 12.1 Å². The molecule has 0 atom stereocenters. The summed E-state index contributed by atoms with van der Waals surface area (Å²) in [5.41, 5.74) is 13.2. The zero-order valence-corrected chi connectivity index (χ0v) is 24.8. The maximum absolute atomic E-state index is 13.0.